The Balaban J connectivity index is 2.09. The quantitative estimate of drug-likeness (QED) is 0.483. The number of thioether (sulfide) groups is 1. The van der Waals surface area contributed by atoms with Crippen LogP contribution in [0.5, 0.6) is 5.75 Å². The third kappa shape index (κ3) is 3.83. The molecule has 1 aromatic carbocycles. The molecule has 0 amide bonds. The number of rotatable bonds is 7. The molecule has 0 atom stereocenters. The zero-order valence-electron chi connectivity index (χ0n) is 14.9. The molecule has 26 heavy (non-hydrogen) atoms. The van der Waals surface area contributed by atoms with E-state index in [1.165, 1.54) is 11.8 Å². The summed E-state index contributed by atoms with van der Waals surface area (Å²) in [6.07, 6.45) is 1.28. The average Bonchev–Trinajstić information content (AvgIpc) is 3.00. The van der Waals surface area contributed by atoms with E-state index in [0.717, 1.165) is 33.0 Å². The number of thiophene rings is 1. The molecule has 0 saturated heterocycles. The molecule has 0 spiro atoms. The van der Waals surface area contributed by atoms with Crippen LogP contribution in [-0.4, -0.2) is 28.6 Å². The van der Waals surface area contributed by atoms with E-state index < -0.39 is 0 Å². The van der Waals surface area contributed by atoms with Crippen LogP contribution in [0.4, 0.5) is 0 Å². The van der Waals surface area contributed by atoms with E-state index in [0.29, 0.717) is 22.7 Å². The molecule has 3 rings (SSSR count). The lowest BCUT2D eigenvalue weighted by molar-refractivity contribution is -0.116. The van der Waals surface area contributed by atoms with E-state index in [1.807, 2.05) is 24.3 Å². The van der Waals surface area contributed by atoms with E-state index in [-0.39, 0.29) is 11.3 Å². The molecule has 3 aromatic rings. The predicted octanol–water partition coefficient (Wildman–Crippen LogP) is 4.29. The summed E-state index contributed by atoms with van der Waals surface area (Å²) in [7, 11) is 1.63. The summed E-state index contributed by atoms with van der Waals surface area (Å²) in [6, 6.07) is 7.73. The Morgan fingerprint density at radius 3 is 2.88 bits per heavy atom. The first-order chi connectivity index (χ1) is 12.5. The molecule has 0 saturated carbocycles. The lowest BCUT2D eigenvalue weighted by Crippen LogP contribution is -2.09. The van der Waals surface area contributed by atoms with Gasteiger partial charge in [0, 0.05) is 22.6 Å². The Morgan fingerprint density at radius 1 is 1.38 bits per heavy atom. The van der Waals surface area contributed by atoms with Crippen molar-refractivity contribution < 1.29 is 9.53 Å². The molecule has 2 aromatic heterocycles. The molecule has 0 aliphatic carbocycles. The Kier molecular flexibility index (Phi) is 5.78. The van der Waals surface area contributed by atoms with E-state index >= 15 is 0 Å². The van der Waals surface area contributed by atoms with Gasteiger partial charge in [0.25, 0.3) is 5.56 Å². The first-order valence-electron chi connectivity index (χ1n) is 8.35. The minimum Gasteiger partial charge on any atom is -0.497 e. The van der Waals surface area contributed by atoms with Crippen molar-refractivity contribution in [3.8, 4) is 16.9 Å². The highest BCUT2D eigenvalue weighted by Crippen LogP contribution is 2.38. The monoisotopic (exact) mass is 388 g/mol. The highest BCUT2D eigenvalue weighted by atomic mass is 32.2. The molecular formula is C19H20N2O3S2. The number of methoxy groups -OCH3 is 1. The van der Waals surface area contributed by atoms with Gasteiger partial charge in [0.1, 0.15) is 16.4 Å². The number of ketones is 1. The van der Waals surface area contributed by atoms with Crippen LogP contribution in [0.15, 0.2) is 34.2 Å². The van der Waals surface area contributed by atoms with Gasteiger partial charge in [-0.2, -0.15) is 0 Å². The molecule has 0 bridgehead atoms. The molecule has 0 aliphatic rings. The molecule has 1 N–H and O–H groups in total. The number of H-pyrrole nitrogens is 1. The predicted molar refractivity (Wildman–Crippen MR) is 108 cm³/mol. The van der Waals surface area contributed by atoms with Crippen LogP contribution < -0.4 is 10.3 Å². The number of aromatic amines is 1. The van der Waals surface area contributed by atoms with Gasteiger partial charge in [0.2, 0.25) is 0 Å². The van der Waals surface area contributed by atoms with Gasteiger partial charge in [-0.1, -0.05) is 30.8 Å². The van der Waals surface area contributed by atoms with Gasteiger partial charge in [0.05, 0.1) is 12.5 Å². The Hall–Kier alpha value is -2.12. The summed E-state index contributed by atoms with van der Waals surface area (Å²) in [5, 5.41) is 1.18. The number of nitrogens with zero attached hydrogens (tertiary/aromatic N) is 1. The van der Waals surface area contributed by atoms with Gasteiger partial charge in [-0.3, -0.25) is 9.59 Å². The van der Waals surface area contributed by atoms with E-state index in [1.54, 1.807) is 25.4 Å². The fourth-order valence-electron chi connectivity index (χ4n) is 2.73. The largest absolute Gasteiger partial charge is 0.497 e. The second kappa shape index (κ2) is 8.05. The number of hydrogen-bond donors (Lipinski definition) is 1. The maximum Gasteiger partial charge on any atom is 0.260 e. The molecule has 7 heteroatoms. The normalized spacial score (nSPS) is 11.0. The molecule has 0 radical (unpaired) electrons. The lowest BCUT2D eigenvalue weighted by Gasteiger charge is -2.06. The van der Waals surface area contributed by atoms with Crippen molar-refractivity contribution in [2.45, 2.75) is 31.8 Å². The van der Waals surface area contributed by atoms with Crippen molar-refractivity contribution in [1.82, 2.24) is 9.97 Å². The van der Waals surface area contributed by atoms with Gasteiger partial charge in [-0.25, -0.2) is 4.98 Å². The van der Waals surface area contributed by atoms with Crippen molar-refractivity contribution in [2.75, 3.05) is 12.9 Å². The van der Waals surface area contributed by atoms with E-state index in [9.17, 15) is 9.59 Å². The van der Waals surface area contributed by atoms with Crippen LogP contribution in [0.2, 0.25) is 0 Å². The number of carbonyl (C=O) groups excluding carboxylic acids is 1. The maximum atomic E-state index is 12.8. The lowest BCUT2D eigenvalue weighted by atomic mass is 10.0. The number of benzene rings is 1. The number of aromatic nitrogens is 2. The fraction of sp³-hybridized carbons (Fsp3) is 0.316. The zero-order chi connectivity index (χ0) is 18.7. The van der Waals surface area contributed by atoms with Crippen molar-refractivity contribution >= 4 is 39.1 Å². The Bertz CT molecular complexity index is 1010. The number of aryl methyl sites for hydroxylation is 1. The van der Waals surface area contributed by atoms with Gasteiger partial charge >= 0.3 is 0 Å². The minimum atomic E-state index is -0.144. The number of nitrogens with one attached hydrogen (secondary N) is 1. The average molecular weight is 389 g/mol. The highest BCUT2D eigenvalue weighted by molar-refractivity contribution is 7.99. The molecule has 5 nitrogen and oxygen atoms in total. The standard InChI is InChI=1S/C19H20N2O3S2/c1-4-14-15(12-6-5-7-13(10-12)24-3)16-17(23)20-19(21-18(16)26-14)25-9-8-11(2)22/h5-7,10H,4,8-9H2,1-3H3,(H,20,21,23). The van der Waals surface area contributed by atoms with Crippen molar-refractivity contribution in [3.05, 3.63) is 39.5 Å². The van der Waals surface area contributed by atoms with Crippen LogP contribution in [0.1, 0.15) is 25.1 Å². The maximum absolute atomic E-state index is 12.8. The van der Waals surface area contributed by atoms with E-state index in [2.05, 4.69) is 16.9 Å². The highest BCUT2D eigenvalue weighted by Gasteiger charge is 2.18. The van der Waals surface area contributed by atoms with Gasteiger partial charge in [0.15, 0.2) is 5.16 Å². The van der Waals surface area contributed by atoms with Crippen LogP contribution in [-0.2, 0) is 11.2 Å². The molecule has 2 heterocycles. The third-order valence-electron chi connectivity index (χ3n) is 3.99. The van der Waals surface area contributed by atoms with Crippen molar-refractivity contribution in [1.29, 1.82) is 0 Å². The third-order valence-corrected chi connectivity index (χ3v) is 6.09. The smallest absolute Gasteiger partial charge is 0.260 e. The van der Waals surface area contributed by atoms with Crippen LogP contribution >= 0.6 is 23.1 Å². The summed E-state index contributed by atoms with van der Waals surface area (Å²) >= 11 is 2.95. The second-order valence-corrected chi connectivity index (χ2v) is 8.00. The van der Waals surface area contributed by atoms with Gasteiger partial charge in [-0.15, -0.1) is 11.3 Å². The van der Waals surface area contributed by atoms with Crippen molar-refractivity contribution in [2.24, 2.45) is 0 Å². The topological polar surface area (TPSA) is 72.0 Å². The van der Waals surface area contributed by atoms with Crippen LogP contribution in [0.25, 0.3) is 21.3 Å². The summed E-state index contributed by atoms with van der Waals surface area (Å²) in [5.41, 5.74) is 1.74. The molecule has 0 unspecified atom stereocenters. The summed E-state index contributed by atoms with van der Waals surface area (Å²) < 4.78 is 5.32. The number of ether oxygens (including phenoxy) is 1. The summed E-state index contributed by atoms with van der Waals surface area (Å²) in [4.78, 5) is 33.2. The Labute approximate surface area is 159 Å². The summed E-state index contributed by atoms with van der Waals surface area (Å²) in [6.45, 7) is 3.64. The Morgan fingerprint density at radius 2 is 2.19 bits per heavy atom. The molecule has 0 fully saturated rings. The first-order valence-corrected chi connectivity index (χ1v) is 10.2. The number of fused-ring (bicyclic) bond motifs is 1. The number of carbonyl (C=O) groups is 1. The SMILES string of the molecule is CCc1sc2nc(SCCC(C)=O)[nH]c(=O)c2c1-c1cccc(OC)c1. The second-order valence-electron chi connectivity index (χ2n) is 5.84. The summed E-state index contributed by atoms with van der Waals surface area (Å²) in [5.74, 6) is 1.49. The molecular weight excluding hydrogens is 368 g/mol. The van der Waals surface area contributed by atoms with Gasteiger partial charge < -0.3 is 9.72 Å². The first kappa shape index (κ1) is 18.7. The molecule has 136 valence electrons. The minimum absolute atomic E-state index is 0.130. The number of Topliss-reactive ketones (excluding diaryl/α,β-unsaturated/α-hetero) is 1. The number of hydrogen-bond acceptors (Lipinski definition) is 6. The van der Waals surface area contributed by atoms with Crippen LogP contribution in [0, 0.1) is 0 Å². The van der Waals surface area contributed by atoms with Crippen molar-refractivity contribution in [3.63, 3.8) is 0 Å². The zero-order valence-corrected chi connectivity index (χ0v) is 16.6. The van der Waals surface area contributed by atoms with Gasteiger partial charge in [-0.05, 0) is 31.0 Å². The fourth-order valence-corrected chi connectivity index (χ4v) is 4.82. The molecule has 0 aliphatic heterocycles. The van der Waals surface area contributed by atoms with Crippen LogP contribution in [0.3, 0.4) is 0 Å². The van der Waals surface area contributed by atoms with E-state index in [4.69, 9.17) is 4.74 Å².